The molecule has 3 aromatic rings. The normalized spacial score (nSPS) is 10.8. The first-order valence-corrected chi connectivity index (χ1v) is 7.27. The second-order valence-corrected chi connectivity index (χ2v) is 5.69. The van der Waals surface area contributed by atoms with Gasteiger partial charge in [0.2, 0.25) is 0 Å². The first-order chi connectivity index (χ1) is 10.2. The number of halogens is 1. The van der Waals surface area contributed by atoms with Crippen LogP contribution in [0.3, 0.4) is 0 Å². The Labute approximate surface area is 125 Å². The number of thiophene rings is 1. The van der Waals surface area contributed by atoms with Gasteiger partial charge in [-0.3, -0.25) is 4.79 Å². The van der Waals surface area contributed by atoms with Crippen molar-refractivity contribution in [3.8, 4) is 0 Å². The van der Waals surface area contributed by atoms with Gasteiger partial charge in [0.15, 0.2) is 0 Å². The summed E-state index contributed by atoms with van der Waals surface area (Å²) >= 11 is 1.27. The highest BCUT2D eigenvalue weighted by molar-refractivity contribution is 7.20. The van der Waals surface area contributed by atoms with E-state index in [0.29, 0.717) is 17.1 Å². The smallest absolute Gasteiger partial charge is 0.265 e. The SMILES string of the molecule is NCc1ccccc1NC(=O)c1cc2ccc(F)cc2s1. The lowest BCUT2D eigenvalue weighted by atomic mass is 10.2. The lowest BCUT2D eigenvalue weighted by Crippen LogP contribution is -2.12. The van der Waals surface area contributed by atoms with E-state index in [4.69, 9.17) is 5.73 Å². The minimum atomic E-state index is -0.301. The van der Waals surface area contributed by atoms with E-state index in [0.717, 1.165) is 15.6 Å². The number of carbonyl (C=O) groups excluding carboxylic acids is 1. The second kappa shape index (κ2) is 5.63. The topological polar surface area (TPSA) is 55.1 Å². The summed E-state index contributed by atoms with van der Waals surface area (Å²) in [6.07, 6.45) is 0. The number of carbonyl (C=O) groups is 1. The lowest BCUT2D eigenvalue weighted by Gasteiger charge is -2.08. The molecule has 0 aliphatic heterocycles. The molecule has 106 valence electrons. The molecule has 1 amide bonds. The van der Waals surface area contributed by atoms with Crippen LogP contribution in [-0.4, -0.2) is 5.91 Å². The predicted molar refractivity (Wildman–Crippen MR) is 84.1 cm³/mol. The molecule has 0 fully saturated rings. The molecule has 3 N–H and O–H groups in total. The second-order valence-electron chi connectivity index (χ2n) is 4.61. The molecule has 0 bridgehead atoms. The van der Waals surface area contributed by atoms with Gasteiger partial charge in [0.1, 0.15) is 5.82 Å². The molecule has 5 heteroatoms. The molecular weight excluding hydrogens is 287 g/mol. The van der Waals surface area contributed by atoms with Gasteiger partial charge >= 0.3 is 0 Å². The molecule has 3 nitrogen and oxygen atoms in total. The zero-order chi connectivity index (χ0) is 14.8. The van der Waals surface area contributed by atoms with Crippen LogP contribution in [0.1, 0.15) is 15.2 Å². The molecule has 0 atom stereocenters. The van der Waals surface area contributed by atoms with Gasteiger partial charge in [-0.25, -0.2) is 4.39 Å². The molecule has 0 radical (unpaired) electrons. The van der Waals surface area contributed by atoms with Crippen molar-refractivity contribution < 1.29 is 9.18 Å². The number of anilines is 1. The first-order valence-electron chi connectivity index (χ1n) is 6.46. The zero-order valence-electron chi connectivity index (χ0n) is 11.1. The Morgan fingerprint density at radius 2 is 2.00 bits per heavy atom. The van der Waals surface area contributed by atoms with Crippen LogP contribution in [0.15, 0.2) is 48.5 Å². The van der Waals surface area contributed by atoms with Crippen molar-refractivity contribution in [3.05, 3.63) is 64.8 Å². The molecule has 0 unspecified atom stereocenters. The highest BCUT2D eigenvalue weighted by atomic mass is 32.1. The van der Waals surface area contributed by atoms with Crippen LogP contribution in [0.4, 0.5) is 10.1 Å². The number of hydrogen-bond acceptors (Lipinski definition) is 3. The standard InChI is InChI=1S/C16H13FN2OS/c17-12-6-5-10-7-15(21-14(10)8-12)16(20)19-13-4-2-1-3-11(13)9-18/h1-8H,9,18H2,(H,19,20). The van der Waals surface area contributed by atoms with Gasteiger partial charge in [0, 0.05) is 16.9 Å². The van der Waals surface area contributed by atoms with Gasteiger partial charge in [-0.2, -0.15) is 0 Å². The summed E-state index contributed by atoms with van der Waals surface area (Å²) in [5.41, 5.74) is 7.23. The summed E-state index contributed by atoms with van der Waals surface area (Å²) in [5, 5.41) is 3.71. The van der Waals surface area contributed by atoms with E-state index in [-0.39, 0.29) is 11.7 Å². The van der Waals surface area contributed by atoms with Gasteiger partial charge in [-0.15, -0.1) is 11.3 Å². The van der Waals surface area contributed by atoms with Crippen molar-refractivity contribution in [1.82, 2.24) is 0 Å². The minimum Gasteiger partial charge on any atom is -0.326 e. The molecule has 2 aromatic carbocycles. The van der Waals surface area contributed by atoms with E-state index < -0.39 is 0 Å². The molecule has 0 spiro atoms. The Morgan fingerprint density at radius 1 is 1.19 bits per heavy atom. The van der Waals surface area contributed by atoms with Crippen molar-refractivity contribution in [2.24, 2.45) is 5.73 Å². The quantitative estimate of drug-likeness (QED) is 0.774. The van der Waals surface area contributed by atoms with Gasteiger partial charge in [-0.1, -0.05) is 24.3 Å². The first kappa shape index (κ1) is 13.7. The minimum absolute atomic E-state index is 0.211. The lowest BCUT2D eigenvalue weighted by molar-refractivity contribution is 0.103. The number of benzene rings is 2. The number of rotatable bonds is 3. The number of fused-ring (bicyclic) bond motifs is 1. The Morgan fingerprint density at radius 3 is 2.81 bits per heavy atom. The Balaban J connectivity index is 1.90. The molecule has 1 aromatic heterocycles. The summed E-state index contributed by atoms with van der Waals surface area (Å²) in [4.78, 5) is 12.8. The molecule has 1 heterocycles. The maximum Gasteiger partial charge on any atom is 0.265 e. The van der Waals surface area contributed by atoms with Crippen molar-refractivity contribution in [1.29, 1.82) is 0 Å². The molecule has 0 saturated heterocycles. The predicted octanol–water partition coefficient (Wildman–Crippen LogP) is 3.75. The van der Waals surface area contributed by atoms with E-state index in [1.165, 1.54) is 23.5 Å². The van der Waals surface area contributed by atoms with Crippen LogP contribution < -0.4 is 11.1 Å². The van der Waals surface area contributed by atoms with E-state index in [9.17, 15) is 9.18 Å². The number of nitrogens with two attached hydrogens (primary N) is 1. The van der Waals surface area contributed by atoms with Crippen molar-refractivity contribution in [2.75, 3.05) is 5.32 Å². The molecular formula is C16H13FN2OS. The third-order valence-electron chi connectivity index (χ3n) is 3.19. The maximum absolute atomic E-state index is 13.2. The average Bonchev–Trinajstić information content (AvgIpc) is 2.91. The van der Waals surface area contributed by atoms with E-state index >= 15 is 0 Å². The van der Waals surface area contributed by atoms with Crippen LogP contribution in [0.2, 0.25) is 0 Å². The summed E-state index contributed by atoms with van der Waals surface area (Å²) in [6, 6.07) is 13.7. The van der Waals surface area contributed by atoms with Crippen molar-refractivity contribution in [3.63, 3.8) is 0 Å². The number of nitrogens with one attached hydrogen (secondary N) is 1. The molecule has 0 aliphatic rings. The van der Waals surface area contributed by atoms with Gasteiger partial charge in [0.25, 0.3) is 5.91 Å². The number of para-hydroxylation sites is 1. The molecule has 0 saturated carbocycles. The Kier molecular flexibility index (Phi) is 3.68. The van der Waals surface area contributed by atoms with E-state index in [1.807, 2.05) is 24.3 Å². The van der Waals surface area contributed by atoms with Gasteiger partial charge in [0.05, 0.1) is 4.88 Å². The summed E-state index contributed by atoms with van der Waals surface area (Å²) in [6.45, 7) is 0.355. The fourth-order valence-electron chi connectivity index (χ4n) is 2.12. The number of hydrogen-bond donors (Lipinski definition) is 2. The van der Waals surface area contributed by atoms with Crippen LogP contribution in [-0.2, 0) is 6.54 Å². The average molecular weight is 300 g/mol. The van der Waals surface area contributed by atoms with Crippen LogP contribution >= 0.6 is 11.3 Å². The van der Waals surface area contributed by atoms with Crippen LogP contribution in [0.25, 0.3) is 10.1 Å². The monoisotopic (exact) mass is 300 g/mol. The van der Waals surface area contributed by atoms with E-state index in [1.54, 1.807) is 12.1 Å². The largest absolute Gasteiger partial charge is 0.326 e. The maximum atomic E-state index is 13.2. The molecule has 3 rings (SSSR count). The summed E-state index contributed by atoms with van der Waals surface area (Å²) in [5.74, 6) is -0.512. The Bertz CT molecular complexity index is 813. The van der Waals surface area contributed by atoms with Crippen molar-refractivity contribution >= 4 is 33.0 Å². The Hall–Kier alpha value is -2.24. The molecule has 0 aliphatic carbocycles. The van der Waals surface area contributed by atoms with Crippen LogP contribution in [0.5, 0.6) is 0 Å². The summed E-state index contributed by atoms with van der Waals surface area (Å²) in [7, 11) is 0. The van der Waals surface area contributed by atoms with Gasteiger partial charge < -0.3 is 11.1 Å². The highest BCUT2D eigenvalue weighted by Gasteiger charge is 2.12. The third kappa shape index (κ3) is 2.79. The van der Waals surface area contributed by atoms with Crippen LogP contribution in [0, 0.1) is 5.82 Å². The van der Waals surface area contributed by atoms with Gasteiger partial charge in [-0.05, 0) is 35.2 Å². The van der Waals surface area contributed by atoms with Crippen molar-refractivity contribution in [2.45, 2.75) is 6.54 Å². The fraction of sp³-hybridized carbons (Fsp3) is 0.0625. The zero-order valence-corrected chi connectivity index (χ0v) is 11.9. The summed E-state index contributed by atoms with van der Waals surface area (Å²) < 4.78 is 13.9. The number of amides is 1. The van der Waals surface area contributed by atoms with E-state index in [2.05, 4.69) is 5.32 Å². The third-order valence-corrected chi connectivity index (χ3v) is 4.29. The highest BCUT2D eigenvalue weighted by Crippen LogP contribution is 2.27. The fourth-order valence-corrected chi connectivity index (χ4v) is 3.10. The molecule has 21 heavy (non-hydrogen) atoms.